The number of nitrogens with zero attached hydrogens (tertiary/aromatic N) is 2. The Balaban J connectivity index is 0.000000727. The molecule has 2 aliphatic carbocycles. The number of ether oxygens (including phenoxy) is 1. The smallest absolute Gasteiger partial charge is 0.475 e. The van der Waals surface area contributed by atoms with Crippen LogP contribution in [0, 0.1) is 17.8 Å². The van der Waals surface area contributed by atoms with Gasteiger partial charge in [0.05, 0.1) is 5.52 Å². The summed E-state index contributed by atoms with van der Waals surface area (Å²) in [7, 11) is -4.20. The van der Waals surface area contributed by atoms with Crippen molar-refractivity contribution in [2.45, 2.75) is 75.2 Å². The van der Waals surface area contributed by atoms with E-state index in [9.17, 15) is 34.8 Å². The molecular formula is C32H38BrF6N5O5S. The normalized spacial score (nSPS) is 18.9. The van der Waals surface area contributed by atoms with Gasteiger partial charge in [-0.2, -0.15) is 18.2 Å². The Hall–Kier alpha value is -3.38. The minimum absolute atomic E-state index is 0.0842. The maximum atomic E-state index is 12.9. The zero-order chi connectivity index (χ0) is 36.5. The summed E-state index contributed by atoms with van der Waals surface area (Å²) in [4.78, 5) is 17.9. The number of alkyl halides is 6. The molecule has 0 saturated heterocycles. The highest BCUT2D eigenvalue weighted by Crippen LogP contribution is 2.34. The fraction of sp³-hybridized carbons (Fsp3) is 0.531. The summed E-state index contributed by atoms with van der Waals surface area (Å²) < 4.78 is 103. The van der Waals surface area contributed by atoms with Crippen LogP contribution >= 0.6 is 15.9 Å². The zero-order valence-electron chi connectivity index (χ0n) is 26.8. The molecular weight excluding hydrogens is 760 g/mol. The van der Waals surface area contributed by atoms with Crippen LogP contribution in [0.2, 0.25) is 0 Å². The number of hydrogen-bond donors (Lipinski definition) is 4. The fourth-order valence-electron chi connectivity index (χ4n) is 6.01. The monoisotopic (exact) mass is 797 g/mol. The predicted octanol–water partition coefficient (Wildman–Crippen LogP) is 8.11. The van der Waals surface area contributed by atoms with Gasteiger partial charge in [0.15, 0.2) is 5.75 Å². The summed E-state index contributed by atoms with van der Waals surface area (Å²) >= 11 is 3.06. The first-order chi connectivity index (χ1) is 23.5. The van der Waals surface area contributed by atoms with Crippen LogP contribution in [0.3, 0.4) is 0 Å². The van der Waals surface area contributed by atoms with Crippen molar-refractivity contribution in [3.8, 4) is 5.75 Å². The van der Waals surface area contributed by atoms with E-state index >= 15 is 0 Å². The number of aliphatic carboxylic acids is 1. The van der Waals surface area contributed by atoms with Crippen LogP contribution in [0.5, 0.6) is 5.75 Å². The van der Waals surface area contributed by atoms with Crippen molar-refractivity contribution in [2.75, 3.05) is 30.3 Å². The van der Waals surface area contributed by atoms with E-state index in [4.69, 9.17) is 19.9 Å². The predicted molar refractivity (Wildman–Crippen MR) is 178 cm³/mol. The number of halogens is 7. The van der Waals surface area contributed by atoms with Crippen LogP contribution in [-0.2, 0) is 14.8 Å². The third kappa shape index (κ3) is 12.1. The Labute approximate surface area is 294 Å². The first-order valence-electron chi connectivity index (χ1n) is 16.1. The number of fused-ring (bicyclic) bond motifs is 1. The number of rotatable bonds is 11. The summed E-state index contributed by atoms with van der Waals surface area (Å²) in [5.41, 5.74) is 0.886. The van der Waals surface area contributed by atoms with Crippen LogP contribution in [0.15, 0.2) is 51.8 Å². The molecule has 0 radical (unpaired) electrons. The molecule has 276 valence electrons. The van der Waals surface area contributed by atoms with Gasteiger partial charge in [0.1, 0.15) is 10.7 Å². The van der Waals surface area contributed by atoms with E-state index in [0.717, 1.165) is 61.1 Å². The molecule has 2 aliphatic rings. The van der Waals surface area contributed by atoms with Crippen molar-refractivity contribution in [1.29, 1.82) is 0 Å². The number of benzene rings is 2. The highest BCUT2D eigenvalue weighted by molar-refractivity contribution is 9.10. The Morgan fingerprint density at radius 1 is 0.840 bits per heavy atom. The lowest BCUT2D eigenvalue weighted by Gasteiger charge is -2.29. The number of carboxylic acids is 1. The quantitative estimate of drug-likeness (QED) is 0.142. The maximum absolute atomic E-state index is 12.9. The zero-order valence-corrected chi connectivity index (χ0v) is 29.2. The number of anilines is 2. The number of carboxylic acid groups (broad SMARTS) is 1. The SMILES string of the molecule is O=C(O)C(F)(F)F.O=S(=O)(NCC1CCC(CNc2nc(NCC3CCCCC3)c3ccccc3n2)CC1)c1ccc(Br)cc1OC(F)(F)F. The number of carbonyl (C=O) groups is 1. The highest BCUT2D eigenvalue weighted by Gasteiger charge is 2.38. The molecule has 1 aromatic heterocycles. The van der Waals surface area contributed by atoms with Crippen molar-refractivity contribution >= 4 is 54.6 Å². The number of para-hydroxylation sites is 1. The molecule has 10 nitrogen and oxygen atoms in total. The standard InChI is InChI=1S/C30H37BrF3N5O3S.C2HF3O2/c31-23-14-15-27(26(16-23)42-30(32,33)34)43(40,41)37-19-22-12-10-21(11-13-22)18-36-29-38-25-9-5-4-8-24(25)28(39-29)35-17-20-6-2-1-3-7-20;3-2(4,5)1(6)7/h4-5,8-9,14-16,20-22,37H,1-3,6-7,10-13,17-19H2,(H2,35,36,38,39);(H,6,7). The van der Waals surface area contributed by atoms with Crippen LogP contribution in [0.4, 0.5) is 38.1 Å². The molecule has 4 N–H and O–H groups in total. The van der Waals surface area contributed by atoms with Crippen molar-refractivity contribution in [2.24, 2.45) is 17.8 Å². The second-order valence-corrected chi connectivity index (χ2v) is 15.0. The Bertz CT molecular complexity index is 1700. The maximum Gasteiger partial charge on any atom is 0.573 e. The van der Waals surface area contributed by atoms with E-state index in [-0.39, 0.29) is 16.9 Å². The van der Waals surface area contributed by atoms with Gasteiger partial charge in [0.2, 0.25) is 16.0 Å². The average molecular weight is 799 g/mol. The highest BCUT2D eigenvalue weighted by atomic mass is 79.9. The fourth-order valence-corrected chi connectivity index (χ4v) is 7.58. The molecule has 0 spiro atoms. The van der Waals surface area contributed by atoms with Gasteiger partial charge in [-0.25, -0.2) is 22.9 Å². The molecule has 18 heteroatoms. The molecule has 3 aromatic rings. The lowest BCUT2D eigenvalue weighted by molar-refractivity contribution is -0.275. The Morgan fingerprint density at radius 2 is 1.42 bits per heavy atom. The molecule has 0 aliphatic heterocycles. The van der Waals surface area contributed by atoms with E-state index < -0.39 is 39.2 Å². The van der Waals surface area contributed by atoms with Gasteiger partial charge < -0.3 is 20.5 Å². The first kappa shape index (κ1) is 39.4. The van der Waals surface area contributed by atoms with Crippen molar-refractivity contribution in [3.63, 3.8) is 0 Å². The third-order valence-corrected chi connectivity index (χ3v) is 10.6. The Morgan fingerprint density at radius 3 is 2.04 bits per heavy atom. The number of sulfonamides is 1. The summed E-state index contributed by atoms with van der Waals surface area (Å²) in [6, 6.07) is 11.5. The topological polar surface area (TPSA) is 143 Å². The summed E-state index contributed by atoms with van der Waals surface area (Å²) in [5, 5.41) is 15.1. The van der Waals surface area contributed by atoms with Crippen molar-refractivity contribution < 1.29 is 49.4 Å². The molecule has 2 saturated carbocycles. The van der Waals surface area contributed by atoms with Gasteiger partial charge >= 0.3 is 18.5 Å². The molecule has 5 rings (SSSR count). The first-order valence-corrected chi connectivity index (χ1v) is 18.4. The molecule has 0 unspecified atom stereocenters. The van der Waals surface area contributed by atoms with Gasteiger partial charge in [0, 0.05) is 29.5 Å². The summed E-state index contributed by atoms with van der Waals surface area (Å²) in [6.07, 6.45) is -0.301. The van der Waals surface area contributed by atoms with Gasteiger partial charge in [-0.1, -0.05) is 47.3 Å². The van der Waals surface area contributed by atoms with E-state index in [1.807, 2.05) is 24.3 Å². The number of nitrogens with one attached hydrogen (secondary N) is 3. The molecule has 0 amide bonds. The van der Waals surface area contributed by atoms with E-state index in [1.165, 1.54) is 38.2 Å². The lowest BCUT2D eigenvalue weighted by atomic mass is 9.82. The summed E-state index contributed by atoms with van der Waals surface area (Å²) in [5.74, 6) is -0.959. The molecule has 0 atom stereocenters. The van der Waals surface area contributed by atoms with E-state index in [1.54, 1.807) is 0 Å². The van der Waals surface area contributed by atoms with Crippen molar-refractivity contribution in [3.05, 3.63) is 46.9 Å². The van der Waals surface area contributed by atoms with Gasteiger partial charge in [-0.15, -0.1) is 13.2 Å². The van der Waals surface area contributed by atoms with E-state index in [0.29, 0.717) is 24.3 Å². The second-order valence-electron chi connectivity index (χ2n) is 12.4. The van der Waals surface area contributed by atoms with Crippen LogP contribution in [-0.4, -0.2) is 61.6 Å². The average Bonchev–Trinajstić information content (AvgIpc) is 3.05. The molecule has 50 heavy (non-hydrogen) atoms. The van der Waals surface area contributed by atoms with Crippen LogP contribution in [0.1, 0.15) is 57.8 Å². The Kier molecular flexibility index (Phi) is 13.6. The minimum atomic E-state index is -5.08. The minimum Gasteiger partial charge on any atom is -0.475 e. The van der Waals surface area contributed by atoms with Gasteiger partial charge in [-0.05, 0) is 86.6 Å². The van der Waals surface area contributed by atoms with Gasteiger partial charge in [0.25, 0.3) is 0 Å². The number of aromatic nitrogens is 2. The van der Waals surface area contributed by atoms with E-state index in [2.05, 4.69) is 36.0 Å². The number of hydrogen-bond acceptors (Lipinski definition) is 8. The van der Waals surface area contributed by atoms with Crippen LogP contribution < -0.4 is 20.1 Å². The summed E-state index contributed by atoms with van der Waals surface area (Å²) in [6.45, 7) is 1.76. The molecule has 2 aromatic carbocycles. The van der Waals surface area contributed by atoms with Crippen molar-refractivity contribution in [1.82, 2.24) is 14.7 Å². The third-order valence-electron chi connectivity index (χ3n) is 8.63. The van der Waals surface area contributed by atoms with Gasteiger partial charge in [-0.3, -0.25) is 0 Å². The van der Waals surface area contributed by atoms with Crippen LogP contribution in [0.25, 0.3) is 10.9 Å². The lowest BCUT2D eigenvalue weighted by Crippen LogP contribution is -2.33. The largest absolute Gasteiger partial charge is 0.573 e. The second kappa shape index (κ2) is 17.2. The molecule has 1 heterocycles. The molecule has 0 bridgehead atoms. The molecule has 2 fully saturated rings.